The molecule has 0 aliphatic rings. The Morgan fingerprint density at radius 3 is 2.74 bits per heavy atom. The van der Waals surface area contributed by atoms with Crippen LogP contribution in [0.1, 0.15) is 16.8 Å². The average Bonchev–Trinajstić information content (AvgIpc) is 3.10. The summed E-state index contributed by atoms with van der Waals surface area (Å²) in [5, 5.41) is 5.49. The summed E-state index contributed by atoms with van der Waals surface area (Å²) in [6.07, 6.45) is 1.00. The van der Waals surface area contributed by atoms with Crippen LogP contribution in [0.4, 0.5) is 4.39 Å². The summed E-state index contributed by atoms with van der Waals surface area (Å²) in [6, 6.07) is 14.3. The van der Waals surface area contributed by atoms with Crippen LogP contribution in [0.5, 0.6) is 0 Å². The van der Waals surface area contributed by atoms with Crippen molar-refractivity contribution in [3.63, 3.8) is 0 Å². The lowest BCUT2D eigenvalue weighted by Gasteiger charge is -2.04. The molecule has 7 heteroatoms. The smallest absolute Gasteiger partial charge is 0.226 e. The second kappa shape index (κ2) is 9.88. The van der Waals surface area contributed by atoms with Gasteiger partial charge in [0.1, 0.15) is 10.2 Å². The number of aromatic nitrogens is 1. The largest absolute Gasteiger partial charge is 0.355 e. The van der Waals surface area contributed by atoms with Crippen LogP contribution in [0.2, 0.25) is 5.02 Å². The van der Waals surface area contributed by atoms with E-state index in [1.54, 1.807) is 12.1 Å². The summed E-state index contributed by atoms with van der Waals surface area (Å²) < 4.78 is 14.5. The van der Waals surface area contributed by atoms with Gasteiger partial charge < -0.3 is 5.32 Å². The minimum Gasteiger partial charge on any atom is -0.355 e. The molecule has 1 aromatic heterocycles. The van der Waals surface area contributed by atoms with Crippen molar-refractivity contribution in [2.45, 2.75) is 22.9 Å². The molecule has 3 aromatic rings. The van der Waals surface area contributed by atoms with Crippen molar-refractivity contribution in [2.24, 2.45) is 0 Å². The number of nitrogens with zero attached hydrogens (tertiary/aromatic N) is 1. The zero-order valence-electron chi connectivity index (χ0n) is 14.5. The molecule has 0 unspecified atom stereocenters. The monoisotopic (exact) mass is 420 g/mol. The van der Waals surface area contributed by atoms with E-state index in [2.05, 4.69) is 10.3 Å². The first kappa shape index (κ1) is 19.9. The van der Waals surface area contributed by atoms with Gasteiger partial charge in [0.15, 0.2) is 0 Å². The van der Waals surface area contributed by atoms with E-state index in [-0.39, 0.29) is 18.1 Å². The highest BCUT2D eigenvalue weighted by Crippen LogP contribution is 2.27. The second-order valence-corrected chi connectivity index (χ2v) is 8.41. The Bertz CT molecular complexity index is 899. The molecule has 140 valence electrons. The molecule has 0 aliphatic heterocycles. The summed E-state index contributed by atoms with van der Waals surface area (Å²) in [5.74, 6) is 0.258. The molecule has 27 heavy (non-hydrogen) atoms. The van der Waals surface area contributed by atoms with Crippen LogP contribution >= 0.6 is 34.7 Å². The molecule has 0 saturated carbocycles. The third-order valence-electron chi connectivity index (χ3n) is 3.83. The van der Waals surface area contributed by atoms with E-state index < -0.39 is 0 Å². The Hall–Kier alpha value is -1.89. The lowest BCUT2D eigenvalue weighted by Crippen LogP contribution is -2.27. The molecule has 0 bridgehead atoms. The Balaban J connectivity index is 1.42. The van der Waals surface area contributed by atoms with Gasteiger partial charge in [-0.15, -0.1) is 11.3 Å². The Labute approximate surface area is 171 Å². The van der Waals surface area contributed by atoms with Crippen LogP contribution in [0.25, 0.3) is 0 Å². The molecule has 1 amide bonds. The molecule has 0 fully saturated rings. The summed E-state index contributed by atoms with van der Waals surface area (Å²) in [5.41, 5.74) is 2.51. The maximum absolute atomic E-state index is 13.6. The molecule has 3 nitrogen and oxygen atoms in total. The van der Waals surface area contributed by atoms with Gasteiger partial charge in [0, 0.05) is 22.7 Å². The average molecular weight is 421 g/mol. The van der Waals surface area contributed by atoms with Crippen LogP contribution in [0, 0.1) is 5.82 Å². The van der Waals surface area contributed by atoms with Crippen molar-refractivity contribution in [2.75, 3.05) is 6.54 Å². The number of hydrogen-bond donors (Lipinski definition) is 1. The summed E-state index contributed by atoms with van der Waals surface area (Å²) in [7, 11) is 0. The lowest BCUT2D eigenvalue weighted by molar-refractivity contribution is -0.120. The fourth-order valence-corrected chi connectivity index (χ4v) is 4.37. The number of halogens is 2. The predicted molar refractivity (Wildman–Crippen MR) is 110 cm³/mol. The van der Waals surface area contributed by atoms with E-state index in [1.807, 2.05) is 35.7 Å². The van der Waals surface area contributed by atoms with E-state index in [0.29, 0.717) is 22.9 Å². The molecule has 0 aliphatic carbocycles. The fraction of sp³-hybridized carbons (Fsp3) is 0.200. The molecule has 0 radical (unpaired) electrons. The van der Waals surface area contributed by atoms with Crippen LogP contribution in [-0.4, -0.2) is 17.4 Å². The van der Waals surface area contributed by atoms with Crippen molar-refractivity contribution >= 4 is 40.6 Å². The normalized spacial score (nSPS) is 10.7. The van der Waals surface area contributed by atoms with Crippen LogP contribution < -0.4 is 5.32 Å². The van der Waals surface area contributed by atoms with Gasteiger partial charge in [-0.05, 0) is 35.7 Å². The van der Waals surface area contributed by atoms with Crippen LogP contribution in [0.3, 0.4) is 0 Å². The van der Waals surface area contributed by atoms with Gasteiger partial charge >= 0.3 is 0 Å². The molecule has 1 N–H and O–H groups in total. The van der Waals surface area contributed by atoms with Crippen molar-refractivity contribution in [1.82, 2.24) is 10.3 Å². The lowest BCUT2D eigenvalue weighted by atomic mass is 10.1. The summed E-state index contributed by atoms with van der Waals surface area (Å²) in [6.45, 7) is 0.569. The van der Waals surface area contributed by atoms with E-state index in [0.717, 1.165) is 22.0 Å². The molecule has 2 aromatic carbocycles. The van der Waals surface area contributed by atoms with E-state index in [1.165, 1.54) is 29.2 Å². The first-order valence-electron chi connectivity index (χ1n) is 8.42. The molecule has 1 heterocycles. The first-order valence-corrected chi connectivity index (χ1v) is 10.7. The predicted octanol–water partition coefficient (Wildman–Crippen LogP) is 5.13. The van der Waals surface area contributed by atoms with Crippen molar-refractivity contribution < 1.29 is 9.18 Å². The van der Waals surface area contributed by atoms with Gasteiger partial charge in [-0.25, -0.2) is 9.37 Å². The number of rotatable bonds is 8. The number of carbonyl (C=O) groups excluding carboxylic acids is 1. The maximum Gasteiger partial charge on any atom is 0.226 e. The third kappa shape index (κ3) is 6.34. The van der Waals surface area contributed by atoms with Gasteiger partial charge in [0.05, 0.1) is 12.1 Å². The zero-order valence-corrected chi connectivity index (χ0v) is 16.8. The SMILES string of the molecule is O=C(Cc1csc(SCc2ccccc2F)n1)NCCc1ccc(Cl)cc1. The number of nitrogens with one attached hydrogen (secondary N) is 1. The summed E-state index contributed by atoms with van der Waals surface area (Å²) in [4.78, 5) is 16.5. The van der Waals surface area contributed by atoms with Gasteiger partial charge in [-0.2, -0.15) is 0 Å². The first-order chi connectivity index (χ1) is 13.1. The van der Waals surface area contributed by atoms with Gasteiger partial charge in [0.25, 0.3) is 0 Å². The molecule has 3 rings (SSSR count). The number of thiazole rings is 1. The number of thioether (sulfide) groups is 1. The second-order valence-electron chi connectivity index (χ2n) is 5.89. The Morgan fingerprint density at radius 1 is 1.19 bits per heavy atom. The number of amides is 1. The minimum absolute atomic E-state index is 0.0556. The van der Waals surface area contributed by atoms with Crippen molar-refractivity contribution in [3.05, 3.63) is 81.6 Å². The van der Waals surface area contributed by atoms with Gasteiger partial charge in [-0.3, -0.25) is 4.79 Å². The molecule has 0 atom stereocenters. The molecular formula is C20H18ClFN2OS2. The van der Waals surface area contributed by atoms with E-state index in [4.69, 9.17) is 11.6 Å². The third-order valence-corrected chi connectivity index (χ3v) is 6.20. The van der Waals surface area contributed by atoms with Crippen LogP contribution in [0.15, 0.2) is 58.3 Å². The van der Waals surface area contributed by atoms with Crippen molar-refractivity contribution in [3.8, 4) is 0 Å². The molecule has 0 spiro atoms. The molecule has 0 saturated heterocycles. The molecular weight excluding hydrogens is 403 g/mol. The maximum atomic E-state index is 13.6. The Morgan fingerprint density at radius 2 is 1.96 bits per heavy atom. The van der Waals surface area contributed by atoms with Gasteiger partial charge in [-0.1, -0.05) is 53.7 Å². The van der Waals surface area contributed by atoms with Gasteiger partial charge in [0.2, 0.25) is 5.91 Å². The highest BCUT2D eigenvalue weighted by Gasteiger charge is 2.09. The standard InChI is InChI=1S/C20H18ClFN2OS2/c21-16-7-5-14(6-8-16)9-10-23-19(25)11-17-13-27-20(24-17)26-12-15-3-1-2-4-18(15)22/h1-8,13H,9-12H2,(H,23,25). The Kier molecular flexibility index (Phi) is 7.26. The fourth-order valence-electron chi connectivity index (χ4n) is 2.42. The number of hydrogen-bond acceptors (Lipinski definition) is 4. The highest BCUT2D eigenvalue weighted by atomic mass is 35.5. The topological polar surface area (TPSA) is 42.0 Å². The zero-order chi connectivity index (χ0) is 19.1. The summed E-state index contributed by atoms with van der Waals surface area (Å²) >= 11 is 8.81. The highest BCUT2D eigenvalue weighted by molar-refractivity contribution is 8.00. The number of carbonyl (C=O) groups is 1. The van der Waals surface area contributed by atoms with E-state index in [9.17, 15) is 9.18 Å². The minimum atomic E-state index is -0.207. The van der Waals surface area contributed by atoms with Crippen molar-refractivity contribution in [1.29, 1.82) is 0 Å². The number of benzene rings is 2. The van der Waals surface area contributed by atoms with Crippen LogP contribution in [-0.2, 0) is 23.4 Å². The quantitative estimate of drug-likeness (QED) is 0.513. The van der Waals surface area contributed by atoms with E-state index >= 15 is 0 Å².